The molecular weight excluding hydrogens is 188 g/mol. The zero-order chi connectivity index (χ0) is 11.7. The molecule has 0 radical (unpaired) electrons. The minimum Gasteiger partial charge on any atom is -0.370 e. The van der Waals surface area contributed by atoms with E-state index in [0.717, 1.165) is 6.42 Å². The van der Waals surface area contributed by atoms with Gasteiger partial charge in [0.15, 0.2) is 0 Å². The van der Waals surface area contributed by atoms with Crippen molar-refractivity contribution in [2.75, 3.05) is 6.61 Å². The molecule has 1 unspecified atom stereocenters. The fourth-order valence-corrected chi connectivity index (χ4v) is 1.91. The molecule has 0 saturated carbocycles. The van der Waals surface area contributed by atoms with Gasteiger partial charge < -0.3 is 10.1 Å². The van der Waals surface area contributed by atoms with Crippen LogP contribution in [0.3, 0.4) is 0 Å². The molecule has 0 aliphatic carbocycles. The van der Waals surface area contributed by atoms with Crippen LogP contribution in [0, 0.1) is 10.8 Å². The number of nitrogens with zero attached hydrogens (tertiary/aromatic N) is 1. The fourth-order valence-electron chi connectivity index (χ4n) is 1.91. The summed E-state index contributed by atoms with van der Waals surface area (Å²) in [5.41, 5.74) is 0.651. The number of nitrogens with one attached hydrogen (secondary N) is 1. The second-order valence-electron chi connectivity index (χ2n) is 6.05. The summed E-state index contributed by atoms with van der Waals surface area (Å²) in [5, 5.41) is 7.67. The van der Waals surface area contributed by atoms with Crippen molar-refractivity contribution in [3.05, 3.63) is 0 Å². The molecule has 0 aromatic heterocycles. The van der Waals surface area contributed by atoms with Crippen molar-refractivity contribution in [2.24, 2.45) is 10.4 Å². The molecule has 1 aliphatic rings. The molecule has 0 amide bonds. The van der Waals surface area contributed by atoms with Gasteiger partial charge in [0.2, 0.25) is 0 Å². The molecule has 1 aliphatic heterocycles. The Morgan fingerprint density at radius 1 is 1.33 bits per heavy atom. The van der Waals surface area contributed by atoms with E-state index in [1.54, 1.807) is 6.21 Å². The SMILES string of the molecule is CC(C)(C)CC(C)(C)OCC(=N)C1C=N1. The molecule has 0 fully saturated rings. The smallest absolute Gasteiger partial charge is 0.124 e. The monoisotopic (exact) mass is 210 g/mol. The van der Waals surface area contributed by atoms with Crippen molar-refractivity contribution < 1.29 is 4.74 Å². The highest BCUT2D eigenvalue weighted by molar-refractivity contribution is 6.09. The van der Waals surface area contributed by atoms with E-state index in [1.165, 1.54) is 0 Å². The summed E-state index contributed by atoms with van der Waals surface area (Å²) in [6, 6.07) is 0.0374. The van der Waals surface area contributed by atoms with Crippen LogP contribution in [0.15, 0.2) is 4.99 Å². The highest BCUT2D eigenvalue weighted by atomic mass is 16.5. The molecule has 1 heterocycles. The second-order valence-corrected chi connectivity index (χ2v) is 6.05. The number of hydrogen-bond donors (Lipinski definition) is 1. The van der Waals surface area contributed by atoms with Gasteiger partial charge in [-0.2, -0.15) is 0 Å². The predicted molar refractivity (Wildman–Crippen MR) is 64.1 cm³/mol. The number of rotatable bonds is 5. The van der Waals surface area contributed by atoms with Crippen LogP contribution in [0.5, 0.6) is 0 Å². The topological polar surface area (TPSA) is 45.4 Å². The first kappa shape index (κ1) is 12.4. The van der Waals surface area contributed by atoms with Crippen molar-refractivity contribution in [3.63, 3.8) is 0 Å². The lowest BCUT2D eigenvalue weighted by molar-refractivity contribution is -0.0245. The van der Waals surface area contributed by atoms with E-state index in [9.17, 15) is 0 Å². The molecule has 0 aromatic rings. The number of ether oxygens (including phenoxy) is 1. The third-order valence-corrected chi connectivity index (χ3v) is 2.23. The minimum absolute atomic E-state index is 0.0374. The van der Waals surface area contributed by atoms with Gasteiger partial charge in [-0.25, -0.2) is 0 Å². The van der Waals surface area contributed by atoms with Crippen LogP contribution < -0.4 is 0 Å². The predicted octanol–water partition coefficient (Wildman–Crippen LogP) is 2.69. The molecule has 0 saturated heterocycles. The number of aliphatic imine (C=N–C) groups is 1. The van der Waals surface area contributed by atoms with Crippen LogP contribution in [-0.2, 0) is 4.74 Å². The van der Waals surface area contributed by atoms with Gasteiger partial charge >= 0.3 is 0 Å². The molecule has 1 N–H and O–H groups in total. The maximum atomic E-state index is 7.67. The summed E-state index contributed by atoms with van der Waals surface area (Å²) in [6.07, 6.45) is 2.77. The van der Waals surface area contributed by atoms with Crippen LogP contribution in [0.25, 0.3) is 0 Å². The largest absolute Gasteiger partial charge is 0.370 e. The van der Waals surface area contributed by atoms with Crippen molar-refractivity contribution >= 4 is 11.9 Å². The van der Waals surface area contributed by atoms with E-state index in [4.69, 9.17) is 10.1 Å². The first-order valence-corrected chi connectivity index (χ1v) is 5.44. The quantitative estimate of drug-likeness (QED) is 0.697. The second kappa shape index (κ2) is 4.05. The third kappa shape index (κ3) is 5.07. The summed E-state index contributed by atoms with van der Waals surface area (Å²) in [7, 11) is 0. The lowest BCUT2D eigenvalue weighted by Crippen LogP contribution is -2.33. The average Bonchev–Trinajstić information content (AvgIpc) is 2.77. The molecule has 0 aromatic carbocycles. The molecule has 86 valence electrons. The van der Waals surface area contributed by atoms with Gasteiger partial charge in [-0.05, 0) is 25.7 Å². The Hall–Kier alpha value is -0.700. The molecule has 1 rings (SSSR count). The van der Waals surface area contributed by atoms with E-state index in [1.807, 2.05) is 0 Å². The van der Waals surface area contributed by atoms with E-state index in [0.29, 0.717) is 12.3 Å². The van der Waals surface area contributed by atoms with Gasteiger partial charge in [0.05, 0.1) is 17.9 Å². The van der Waals surface area contributed by atoms with Gasteiger partial charge in [0, 0.05) is 6.21 Å². The lowest BCUT2D eigenvalue weighted by atomic mass is 9.83. The standard InChI is InChI=1S/C12H22N2O/c1-11(2,3)8-12(4,5)15-7-9(13)10-6-14-10/h6,10,13H,7-8H2,1-5H3. The Kier molecular flexibility index (Phi) is 3.34. The van der Waals surface area contributed by atoms with E-state index in [2.05, 4.69) is 39.6 Å². The summed E-state index contributed by atoms with van der Waals surface area (Å²) >= 11 is 0. The molecule has 0 spiro atoms. The zero-order valence-corrected chi connectivity index (χ0v) is 10.4. The van der Waals surface area contributed by atoms with Crippen molar-refractivity contribution in [3.8, 4) is 0 Å². The average molecular weight is 210 g/mol. The molecule has 0 bridgehead atoms. The zero-order valence-electron chi connectivity index (χ0n) is 10.4. The van der Waals surface area contributed by atoms with Crippen molar-refractivity contribution in [1.82, 2.24) is 0 Å². The summed E-state index contributed by atoms with van der Waals surface area (Å²) in [4.78, 5) is 3.95. The molecular formula is C12H22N2O. The van der Waals surface area contributed by atoms with E-state index in [-0.39, 0.29) is 17.1 Å². The Labute approximate surface area is 92.4 Å². The summed E-state index contributed by atoms with van der Waals surface area (Å²) in [6.45, 7) is 11.2. The lowest BCUT2D eigenvalue weighted by Gasteiger charge is -2.32. The van der Waals surface area contributed by atoms with Crippen LogP contribution in [0.2, 0.25) is 0 Å². The van der Waals surface area contributed by atoms with E-state index < -0.39 is 0 Å². The van der Waals surface area contributed by atoms with Gasteiger partial charge in [-0.1, -0.05) is 20.8 Å². The first-order chi connectivity index (χ1) is 6.70. The van der Waals surface area contributed by atoms with Crippen LogP contribution in [0.1, 0.15) is 41.0 Å². The molecule has 1 atom stereocenters. The molecule has 3 nitrogen and oxygen atoms in total. The first-order valence-electron chi connectivity index (χ1n) is 5.44. The number of hydrogen-bond acceptors (Lipinski definition) is 3. The summed E-state index contributed by atoms with van der Waals surface area (Å²) < 4.78 is 5.76. The Bertz CT molecular complexity index is 268. The van der Waals surface area contributed by atoms with Crippen LogP contribution >= 0.6 is 0 Å². The van der Waals surface area contributed by atoms with Crippen molar-refractivity contribution in [2.45, 2.75) is 52.7 Å². The Morgan fingerprint density at radius 2 is 1.87 bits per heavy atom. The van der Waals surface area contributed by atoms with Gasteiger partial charge in [0.1, 0.15) is 6.04 Å². The van der Waals surface area contributed by atoms with Crippen LogP contribution in [0.4, 0.5) is 0 Å². The maximum Gasteiger partial charge on any atom is 0.124 e. The molecule has 15 heavy (non-hydrogen) atoms. The highest BCUT2D eigenvalue weighted by Crippen LogP contribution is 2.29. The minimum atomic E-state index is -0.167. The maximum absolute atomic E-state index is 7.67. The third-order valence-electron chi connectivity index (χ3n) is 2.23. The Morgan fingerprint density at radius 3 is 2.27 bits per heavy atom. The van der Waals surface area contributed by atoms with Crippen molar-refractivity contribution in [1.29, 1.82) is 5.41 Å². The highest BCUT2D eigenvalue weighted by Gasteiger charge is 2.28. The Balaban J connectivity index is 2.31. The fraction of sp³-hybridized carbons (Fsp3) is 0.833. The van der Waals surface area contributed by atoms with Crippen LogP contribution in [-0.4, -0.2) is 30.2 Å². The molecule has 3 heteroatoms. The summed E-state index contributed by atoms with van der Waals surface area (Å²) in [5.74, 6) is 0. The van der Waals surface area contributed by atoms with Gasteiger partial charge in [-0.3, -0.25) is 4.99 Å². The van der Waals surface area contributed by atoms with Gasteiger partial charge in [0.25, 0.3) is 0 Å². The van der Waals surface area contributed by atoms with E-state index >= 15 is 0 Å². The van der Waals surface area contributed by atoms with Gasteiger partial charge in [-0.15, -0.1) is 0 Å². The normalized spacial score (nSPS) is 20.5.